The molecule has 0 aromatic carbocycles. The van der Waals surface area contributed by atoms with Gasteiger partial charge in [0.05, 0.1) is 0 Å². The number of aromatic amines is 2. The molecule has 0 aromatic rings. The summed E-state index contributed by atoms with van der Waals surface area (Å²) in [5, 5.41) is 2.36. The monoisotopic (exact) mass is 167 g/mol. The lowest BCUT2D eigenvalue weighted by Gasteiger charge is -1.89. The molecule has 0 atom stereocenters. The van der Waals surface area contributed by atoms with E-state index in [2.05, 4.69) is 10.1 Å². The van der Waals surface area contributed by atoms with Gasteiger partial charge in [0.25, 0.3) is 5.56 Å². The van der Waals surface area contributed by atoms with E-state index in [4.69, 9.17) is 4.52 Å². The van der Waals surface area contributed by atoms with Crippen molar-refractivity contribution in [3.05, 3.63) is 26.6 Å². The average Bonchev–Trinajstić information content (AvgIpc) is 2.31. The fourth-order valence-corrected chi connectivity index (χ4v) is 1.03. The first-order valence-electron chi connectivity index (χ1n) is 3.26. The molecule has 2 heterocycles. The maximum atomic E-state index is 11.1. The zero-order chi connectivity index (χ0) is 8.72. The number of rotatable bonds is 0. The van der Waals surface area contributed by atoms with Crippen molar-refractivity contribution in [3.8, 4) is 11.4 Å². The second-order valence-electron chi connectivity index (χ2n) is 2.35. The second-order valence-corrected chi connectivity index (χ2v) is 2.35. The first-order valence-corrected chi connectivity index (χ1v) is 3.26. The Labute approximate surface area is 65.6 Å². The lowest BCUT2D eigenvalue weighted by atomic mass is 10.2. The van der Waals surface area contributed by atoms with Gasteiger partial charge >= 0.3 is 5.69 Å². The van der Waals surface area contributed by atoms with Crippen LogP contribution in [0.5, 0.6) is 0 Å². The quantitative estimate of drug-likeness (QED) is 0.551. The van der Waals surface area contributed by atoms with E-state index in [-0.39, 0.29) is 11.4 Å². The van der Waals surface area contributed by atoms with Gasteiger partial charge in [-0.2, -0.15) is 4.98 Å². The number of H-pyrrole nitrogens is 2. The van der Waals surface area contributed by atoms with E-state index < -0.39 is 11.2 Å². The number of aromatic nitrogens is 3. The zero-order valence-electron chi connectivity index (χ0n) is 6.17. The molecule has 6 nitrogen and oxygen atoms in total. The molecule has 6 heteroatoms. The number of fused-ring (bicyclic) bond motifs is 1. The van der Waals surface area contributed by atoms with Crippen LogP contribution in [0, 0.1) is 6.92 Å². The molecule has 2 rings (SSSR count). The van der Waals surface area contributed by atoms with E-state index in [1.807, 2.05) is 4.98 Å². The number of aryl methyl sites for hydroxylation is 1. The molecule has 0 radical (unpaired) electrons. The van der Waals surface area contributed by atoms with Crippen LogP contribution in [0.1, 0.15) is 5.76 Å². The molecule has 0 aliphatic carbocycles. The third-order valence-electron chi connectivity index (χ3n) is 1.55. The van der Waals surface area contributed by atoms with E-state index in [0.29, 0.717) is 5.76 Å². The van der Waals surface area contributed by atoms with Gasteiger partial charge in [-0.1, -0.05) is 0 Å². The van der Waals surface area contributed by atoms with Gasteiger partial charge in [-0.25, -0.2) is 9.95 Å². The highest BCUT2D eigenvalue weighted by atomic mass is 16.5. The fourth-order valence-electron chi connectivity index (χ4n) is 1.03. The van der Waals surface area contributed by atoms with Gasteiger partial charge in [-0.15, -0.1) is 0 Å². The molecule has 0 fully saturated rings. The van der Waals surface area contributed by atoms with Gasteiger partial charge in [0.15, 0.2) is 5.82 Å². The van der Waals surface area contributed by atoms with Gasteiger partial charge in [-0.3, -0.25) is 9.78 Å². The lowest BCUT2D eigenvalue weighted by Crippen LogP contribution is -2.24. The first-order chi connectivity index (χ1) is 5.68. The SMILES string of the molecule is Cc1o[nH]c2nc(=O)[nH]c(=O)c1-2. The van der Waals surface area contributed by atoms with E-state index in [9.17, 15) is 9.59 Å². The molecule has 12 heavy (non-hydrogen) atoms. The van der Waals surface area contributed by atoms with Crippen molar-refractivity contribution in [3.63, 3.8) is 0 Å². The molecule has 2 aliphatic rings. The Kier molecular flexibility index (Phi) is 1.18. The number of hydrogen-bond donors (Lipinski definition) is 2. The van der Waals surface area contributed by atoms with Crippen LogP contribution in [-0.2, 0) is 0 Å². The summed E-state index contributed by atoms with van der Waals surface area (Å²) in [6.07, 6.45) is 0. The predicted molar refractivity (Wildman–Crippen MR) is 39.1 cm³/mol. The van der Waals surface area contributed by atoms with Crippen molar-refractivity contribution >= 4 is 0 Å². The van der Waals surface area contributed by atoms with E-state index in [1.165, 1.54) is 0 Å². The maximum absolute atomic E-state index is 11.1. The van der Waals surface area contributed by atoms with Crippen molar-refractivity contribution in [2.75, 3.05) is 0 Å². The summed E-state index contributed by atoms with van der Waals surface area (Å²) in [5.74, 6) is 0.597. The van der Waals surface area contributed by atoms with Crippen LogP contribution in [0.25, 0.3) is 11.4 Å². The van der Waals surface area contributed by atoms with Crippen molar-refractivity contribution in [1.82, 2.24) is 15.1 Å². The summed E-state index contributed by atoms with van der Waals surface area (Å²) >= 11 is 0. The minimum Gasteiger partial charge on any atom is -0.384 e. The molecule has 0 aromatic heterocycles. The Balaban J connectivity index is 3.01. The van der Waals surface area contributed by atoms with Crippen LogP contribution >= 0.6 is 0 Å². The van der Waals surface area contributed by atoms with E-state index in [0.717, 1.165) is 0 Å². The van der Waals surface area contributed by atoms with E-state index in [1.54, 1.807) is 6.92 Å². The second kappa shape index (κ2) is 2.07. The Morgan fingerprint density at radius 3 is 2.92 bits per heavy atom. The largest absolute Gasteiger partial charge is 0.384 e. The summed E-state index contributed by atoms with van der Waals surface area (Å²) in [6, 6.07) is 0. The third-order valence-corrected chi connectivity index (χ3v) is 1.55. The Hall–Kier alpha value is -1.85. The summed E-state index contributed by atoms with van der Waals surface area (Å²) in [7, 11) is 0. The standard InChI is InChI=1S/C6H5N3O3/c1-2-3-4(9-12-2)7-6(11)8-5(3)10/h1H3,(H2,7,8,9,10,11). The van der Waals surface area contributed by atoms with E-state index >= 15 is 0 Å². The van der Waals surface area contributed by atoms with Crippen molar-refractivity contribution in [2.24, 2.45) is 0 Å². The average molecular weight is 167 g/mol. The summed E-state index contributed by atoms with van der Waals surface area (Å²) in [5.41, 5.74) is -0.869. The minimum atomic E-state index is -0.676. The van der Waals surface area contributed by atoms with Gasteiger partial charge in [0, 0.05) is 0 Å². The molecule has 0 bridgehead atoms. The molecule has 62 valence electrons. The van der Waals surface area contributed by atoms with Crippen LogP contribution in [0.2, 0.25) is 0 Å². The number of nitrogens with zero attached hydrogens (tertiary/aromatic N) is 1. The molecule has 0 spiro atoms. The van der Waals surface area contributed by atoms with Crippen LogP contribution < -0.4 is 11.2 Å². The van der Waals surface area contributed by atoms with Gasteiger partial charge in [0.2, 0.25) is 0 Å². The third kappa shape index (κ3) is 0.777. The smallest absolute Gasteiger partial charge is 0.349 e. The van der Waals surface area contributed by atoms with Crippen LogP contribution in [0.3, 0.4) is 0 Å². The highest BCUT2D eigenvalue weighted by molar-refractivity contribution is 5.55. The van der Waals surface area contributed by atoms with Crippen LogP contribution in [0.15, 0.2) is 14.1 Å². The molecular weight excluding hydrogens is 162 g/mol. The summed E-state index contributed by atoms with van der Waals surface area (Å²) in [6.45, 7) is 1.61. The first kappa shape index (κ1) is 6.84. The molecule has 0 unspecified atom stereocenters. The minimum absolute atomic E-state index is 0.182. The highest BCUT2D eigenvalue weighted by Crippen LogP contribution is 2.14. The molecule has 2 N–H and O–H groups in total. The summed E-state index contributed by atoms with van der Waals surface area (Å²) in [4.78, 5) is 27.3. The predicted octanol–water partition coefficient (Wildman–Crippen LogP) is -0.536. The molecule has 2 aliphatic heterocycles. The van der Waals surface area contributed by atoms with Crippen LogP contribution in [0.4, 0.5) is 0 Å². The molecule has 0 amide bonds. The molecular formula is C6H5N3O3. The molecule has 0 saturated carbocycles. The number of nitrogens with one attached hydrogen (secondary N) is 2. The fraction of sp³-hybridized carbons (Fsp3) is 0.167. The zero-order valence-corrected chi connectivity index (χ0v) is 6.17. The van der Waals surface area contributed by atoms with Gasteiger partial charge in [-0.05, 0) is 6.92 Å². The summed E-state index contributed by atoms with van der Waals surface area (Å²) < 4.78 is 4.80. The topological polar surface area (TPSA) is 91.8 Å². The van der Waals surface area contributed by atoms with Crippen molar-refractivity contribution in [2.45, 2.75) is 6.92 Å². The molecule has 0 saturated heterocycles. The lowest BCUT2D eigenvalue weighted by molar-refractivity contribution is 0.401. The van der Waals surface area contributed by atoms with Gasteiger partial charge in [0.1, 0.15) is 11.3 Å². The van der Waals surface area contributed by atoms with Crippen molar-refractivity contribution < 1.29 is 4.52 Å². The number of hydrogen-bond acceptors (Lipinski definition) is 4. The Morgan fingerprint density at radius 2 is 2.17 bits per heavy atom. The Morgan fingerprint density at radius 1 is 1.42 bits per heavy atom. The Bertz CT molecular complexity index is 492. The highest BCUT2D eigenvalue weighted by Gasteiger charge is 2.15. The van der Waals surface area contributed by atoms with Gasteiger partial charge < -0.3 is 4.52 Å². The normalized spacial score (nSPS) is 10.8. The van der Waals surface area contributed by atoms with Crippen LogP contribution in [-0.4, -0.2) is 15.1 Å². The van der Waals surface area contributed by atoms with Crippen molar-refractivity contribution in [1.29, 1.82) is 0 Å². The maximum Gasteiger partial charge on any atom is 0.349 e.